The van der Waals surface area contributed by atoms with Gasteiger partial charge in [-0.05, 0) is 36.8 Å². The highest BCUT2D eigenvalue weighted by molar-refractivity contribution is 5.97. The monoisotopic (exact) mass is 332 g/mol. The quantitative estimate of drug-likeness (QED) is 0.859. The normalized spacial score (nSPS) is 23.2. The smallest absolute Gasteiger partial charge is 0.257 e. The molecule has 1 aromatic carbocycles. The first kappa shape index (κ1) is 16.6. The van der Waals surface area contributed by atoms with E-state index in [9.17, 15) is 9.59 Å². The van der Waals surface area contributed by atoms with Crippen LogP contribution in [0.3, 0.4) is 0 Å². The molecule has 0 bridgehead atoms. The Kier molecular flexibility index (Phi) is 4.64. The molecular formula is C18H24N2O4. The number of carbonyl (C=O) groups is 2. The van der Waals surface area contributed by atoms with Gasteiger partial charge >= 0.3 is 0 Å². The van der Waals surface area contributed by atoms with E-state index < -0.39 is 0 Å². The topological polar surface area (TPSA) is 81.9 Å². The van der Waals surface area contributed by atoms with Crippen molar-refractivity contribution in [1.29, 1.82) is 0 Å². The van der Waals surface area contributed by atoms with Crippen LogP contribution < -0.4 is 15.2 Å². The predicted molar refractivity (Wildman–Crippen MR) is 89.0 cm³/mol. The molecule has 3 rings (SSSR count). The Morgan fingerprint density at radius 3 is 2.62 bits per heavy atom. The van der Waals surface area contributed by atoms with E-state index in [0.29, 0.717) is 42.7 Å². The molecule has 130 valence electrons. The Morgan fingerprint density at radius 1 is 1.29 bits per heavy atom. The zero-order valence-electron chi connectivity index (χ0n) is 14.2. The molecule has 1 aliphatic carbocycles. The molecule has 2 N–H and O–H groups in total. The molecule has 6 nitrogen and oxygen atoms in total. The van der Waals surface area contributed by atoms with Crippen LogP contribution in [0.15, 0.2) is 18.2 Å². The number of primary amides is 1. The summed E-state index contributed by atoms with van der Waals surface area (Å²) in [5, 5.41) is 0. The number of nitrogens with zero attached hydrogens (tertiary/aromatic N) is 1. The molecule has 1 aliphatic heterocycles. The highest BCUT2D eigenvalue weighted by Crippen LogP contribution is 2.33. The fraction of sp³-hybridized carbons (Fsp3) is 0.556. The summed E-state index contributed by atoms with van der Waals surface area (Å²) in [7, 11) is 1.58. The average Bonchev–Trinajstić information content (AvgIpc) is 3.32. The number of likely N-dealkylation sites (tertiary alicyclic amines) is 1. The number of ether oxygens (including phenoxy) is 2. The Morgan fingerprint density at radius 2 is 2.04 bits per heavy atom. The van der Waals surface area contributed by atoms with Gasteiger partial charge in [-0.25, -0.2) is 0 Å². The van der Waals surface area contributed by atoms with E-state index in [1.54, 1.807) is 30.2 Å². The maximum absolute atomic E-state index is 12.9. The lowest BCUT2D eigenvalue weighted by Gasteiger charge is -2.19. The van der Waals surface area contributed by atoms with Gasteiger partial charge in [0.05, 0.1) is 25.2 Å². The van der Waals surface area contributed by atoms with Crippen molar-refractivity contribution in [3.8, 4) is 11.5 Å². The summed E-state index contributed by atoms with van der Waals surface area (Å²) in [6, 6.07) is 5.23. The van der Waals surface area contributed by atoms with Gasteiger partial charge in [-0.2, -0.15) is 0 Å². The van der Waals surface area contributed by atoms with Crippen molar-refractivity contribution in [3.63, 3.8) is 0 Å². The van der Waals surface area contributed by atoms with Gasteiger partial charge < -0.3 is 20.1 Å². The molecule has 0 radical (unpaired) electrons. The third-order valence-electron chi connectivity index (χ3n) is 4.86. The number of benzene rings is 1. The van der Waals surface area contributed by atoms with Gasteiger partial charge in [-0.15, -0.1) is 0 Å². The second kappa shape index (κ2) is 6.71. The largest absolute Gasteiger partial charge is 0.497 e. The number of methoxy groups -OCH3 is 1. The predicted octanol–water partition coefficient (Wildman–Crippen LogP) is 1.68. The molecule has 2 atom stereocenters. The molecule has 0 spiro atoms. The minimum Gasteiger partial charge on any atom is -0.497 e. The van der Waals surface area contributed by atoms with E-state index in [-0.39, 0.29) is 23.7 Å². The Bertz CT molecular complexity index is 642. The van der Waals surface area contributed by atoms with E-state index in [0.717, 1.165) is 0 Å². The molecule has 1 saturated heterocycles. The van der Waals surface area contributed by atoms with E-state index in [1.165, 1.54) is 12.8 Å². The molecule has 0 aromatic heterocycles. The van der Waals surface area contributed by atoms with E-state index in [4.69, 9.17) is 15.2 Å². The summed E-state index contributed by atoms with van der Waals surface area (Å²) in [4.78, 5) is 26.1. The third-order valence-corrected chi connectivity index (χ3v) is 4.86. The Balaban J connectivity index is 1.79. The summed E-state index contributed by atoms with van der Waals surface area (Å²) in [6.45, 7) is 3.46. The second-order valence-electron chi connectivity index (χ2n) is 6.81. The van der Waals surface area contributed by atoms with E-state index in [2.05, 4.69) is 0 Å². The molecular weight excluding hydrogens is 308 g/mol. The van der Waals surface area contributed by atoms with Crippen molar-refractivity contribution in [2.24, 2.45) is 23.5 Å². The first-order valence-electron chi connectivity index (χ1n) is 8.39. The molecule has 2 aliphatic rings. The maximum Gasteiger partial charge on any atom is 0.257 e. The van der Waals surface area contributed by atoms with Crippen LogP contribution in [0.1, 0.15) is 30.1 Å². The van der Waals surface area contributed by atoms with Gasteiger partial charge in [0.25, 0.3) is 5.91 Å². The summed E-state index contributed by atoms with van der Waals surface area (Å²) in [6.07, 6.45) is 2.36. The number of amides is 2. The molecule has 1 heterocycles. The molecule has 6 heteroatoms. The number of hydrogen-bond acceptors (Lipinski definition) is 4. The molecule has 2 fully saturated rings. The van der Waals surface area contributed by atoms with Crippen molar-refractivity contribution < 1.29 is 19.1 Å². The molecule has 24 heavy (non-hydrogen) atoms. The minimum atomic E-state index is -0.349. The Labute approximate surface area is 141 Å². The second-order valence-corrected chi connectivity index (χ2v) is 6.81. The molecule has 1 saturated carbocycles. The van der Waals surface area contributed by atoms with Gasteiger partial charge in [-0.1, -0.05) is 6.92 Å². The van der Waals surface area contributed by atoms with Crippen molar-refractivity contribution in [1.82, 2.24) is 4.90 Å². The fourth-order valence-corrected chi connectivity index (χ4v) is 3.09. The van der Waals surface area contributed by atoms with Gasteiger partial charge in [0, 0.05) is 19.2 Å². The van der Waals surface area contributed by atoms with Crippen LogP contribution in [0.25, 0.3) is 0 Å². The number of hydrogen-bond donors (Lipinski definition) is 1. The van der Waals surface area contributed by atoms with E-state index in [1.807, 2.05) is 6.92 Å². The third kappa shape index (κ3) is 3.47. The zero-order chi connectivity index (χ0) is 17.3. The summed E-state index contributed by atoms with van der Waals surface area (Å²) in [5.41, 5.74) is 5.93. The average molecular weight is 332 g/mol. The molecule has 2 amide bonds. The highest BCUT2D eigenvalue weighted by atomic mass is 16.5. The van der Waals surface area contributed by atoms with Gasteiger partial charge in [0.1, 0.15) is 11.5 Å². The van der Waals surface area contributed by atoms with Crippen molar-refractivity contribution in [3.05, 3.63) is 23.8 Å². The highest BCUT2D eigenvalue weighted by Gasteiger charge is 2.37. The lowest BCUT2D eigenvalue weighted by atomic mass is 9.98. The van der Waals surface area contributed by atoms with Crippen LogP contribution in [0, 0.1) is 17.8 Å². The van der Waals surface area contributed by atoms with Crippen LogP contribution in [0.5, 0.6) is 11.5 Å². The van der Waals surface area contributed by atoms with Crippen molar-refractivity contribution >= 4 is 11.8 Å². The minimum absolute atomic E-state index is 0.0699. The molecule has 1 aromatic rings. The van der Waals surface area contributed by atoms with Crippen LogP contribution >= 0.6 is 0 Å². The van der Waals surface area contributed by atoms with E-state index >= 15 is 0 Å². The summed E-state index contributed by atoms with van der Waals surface area (Å²) < 4.78 is 11.1. The van der Waals surface area contributed by atoms with Crippen molar-refractivity contribution in [2.75, 3.05) is 26.8 Å². The summed E-state index contributed by atoms with van der Waals surface area (Å²) >= 11 is 0. The summed E-state index contributed by atoms with van der Waals surface area (Å²) in [5.74, 6) is 1.09. The van der Waals surface area contributed by atoms with Gasteiger partial charge in [0.2, 0.25) is 5.91 Å². The number of carbonyl (C=O) groups excluding carboxylic acids is 2. The standard InChI is InChI=1S/C18H24N2O4/c1-11-8-20(9-15(11)17(19)21)18(22)14-6-5-13(23-2)7-16(14)24-10-12-3-4-12/h5-7,11-12,15H,3-4,8-10H2,1-2H3,(H2,19,21)/t11-,15-/m1/s1. The lowest BCUT2D eigenvalue weighted by molar-refractivity contribution is -0.122. The zero-order valence-corrected chi connectivity index (χ0v) is 14.2. The molecule has 0 unspecified atom stereocenters. The van der Waals surface area contributed by atoms with Gasteiger partial charge in [0.15, 0.2) is 0 Å². The first-order valence-corrected chi connectivity index (χ1v) is 8.39. The van der Waals surface area contributed by atoms with Crippen LogP contribution in [-0.4, -0.2) is 43.5 Å². The Hall–Kier alpha value is -2.24. The number of nitrogens with two attached hydrogens (primary N) is 1. The van der Waals surface area contributed by atoms with Crippen molar-refractivity contribution in [2.45, 2.75) is 19.8 Å². The lowest BCUT2D eigenvalue weighted by Crippen LogP contribution is -2.32. The van der Waals surface area contributed by atoms with Crippen LogP contribution in [0.2, 0.25) is 0 Å². The fourth-order valence-electron chi connectivity index (χ4n) is 3.09. The maximum atomic E-state index is 12.9. The van der Waals surface area contributed by atoms with Crippen LogP contribution in [-0.2, 0) is 4.79 Å². The number of rotatable bonds is 6. The SMILES string of the molecule is COc1ccc(C(=O)N2C[C@@H](C)[C@H](C(N)=O)C2)c(OCC2CC2)c1. The first-order chi connectivity index (χ1) is 11.5. The van der Waals surface area contributed by atoms with Gasteiger partial charge in [-0.3, -0.25) is 9.59 Å². The van der Waals surface area contributed by atoms with Crippen LogP contribution in [0.4, 0.5) is 0 Å².